The Hall–Kier alpha value is -3.41. The van der Waals surface area contributed by atoms with Gasteiger partial charge in [0, 0.05) is 0 Å². The van der Waals surface area contributed by atoms with E-state index < -0.39 is 21.9 Å². The van der Waals surface area contributed by atoms with E-state index >= 15 is 0 Å². The molecular formula is C21H18IN3O6. The summed E-state index contributed by atoms with van der Waals surface area (Å²) in [6, 6.07) is 13.2. The molecule has 10 heteroatoms. The molecule has 0 radical (unpaired) electrons. The van der Waals surface area contributed by atoms with E-state index in [2.05, 4.69) is 27.6 Å². The average Bonchev–Trinajstić information content (AvgIpc) is 2.72. The monoisotopic (exact) mass is 535 g/mol. The number of ether oxygens (including phenoxy) is 2. The predicted molar refractivity (Wildman–Crippen MR) is 124 cm³/mol. The molecule has 9 nitrogen and oxygen atoms in total. The van der Waals surface area contributed by atoms with Gasteiger partial charge in [0.15, 0.2) is 11.5 Å². The second-order valence-corrected chi connectivity index (χ2v) is 7.46. The molecule has 0 bridgehead atoms. The van der Waals surface area contributed by atoms with E-state index in [1.807, 2.05) is 42.2 Å². The second-order valence-electron chi connectivity index (χ2n) is 6.30. The van der Waals surface area contributed by atoms with Gasteiger partial charge in [0.25, 0.3) is 0 Å². The largest absolute Gasteiger partial charge is 0.490 e. The maximum atomic E-state index is 11.8. The van der Waals surface area contributed by atoms with Crippen molar-refractivity contribution in [2.75, 3.05) is 6.61 Å². The molecule has 2 N–H and O–H groups in total. The average molecular weight is 535 g/mol. The lowest BCUT2D eigenvalue weighted by molar-refractivity contribution is -0.386. The lowest BCUT2D eigenvalue weighted by Gasteiger charge is -2.15. The van der Waals surface area contributed by atoms with Crippen LogP contribution in [0, 0.1) is 13.7 Å². The molecule has 0 spiro atoms. The number of aromatic amines is 2. The molecule has 0 atom stereocenters. The van der Waals surface area contributed by atoms with Crippen LogP contribution in [0.2, 0.25) is 0 Å². The molecule has 0 fully saturated rings. The molecule has 160 valence electrons. The summed E-state index contributed by atoms with van der Waals surface area (Å²) in [5.74, 6) is 1.10. The number of nitrogens with one attached hydrogen (secondary N) is 2. The molecule has 0 saturated carbocycles. The van der Waals surface area contributed by atoms with Gasteiger partial charge in [-0.2, -0.15) is 0 Å². The van der Waals surface area contributed by atoms with Crippen molar-refractivity contribution < 1.29 is 14.4 Å². The Morgan fingerprint density at radius 3 is 2.52 bits per heavy atom. The van der Waals surface area contributed by atoms with E-state index in [0.717, 1.165) is 9.13 Å². The molecule has 0 aliphatic rings. The number of H-pyrrole nitrogens is 2. The second kappa shape index (κ2) is 10.1. The van der Waals surface area contributed by atoms with Crippen molar-refractivity contribution in [1.82, 2.24) is 9.97 Å². The van der Waals surface area contributed by atoms with Gasteiger partial charge in [-0.15, -0.1) is 0 Å². The van der Waals surface area contributed by atoms with Crippen LogP contribution in [0.4, 0.5) is 5.69 Å². The van der Waals surface area contributed by atoms with Crippen molar-refractivity contribution in [1.29, 1.82) is 0 Å². The fourth-order valence-corrected chi connectivity index (χ4v) is 3.58. The molecule has 0 saturated heterocycles. The minimum atomic E-state index is -1.07. The highest BCUT2D eigenvalue weighted by Gasteiger charge is 2.19. The zero-order valence-electron chi connectivity index (χ0n) is 16.4. The number of aromatic nitrogens is 2. The molecule has 3 aromatic rings. The van der Waals surface area contributed by atoms with Gasteiger partial charge in [0.05, 0.1) is 15.1 Å². The van der Waals surface area contributed by atoms with Crippen LogP contribution in [0.25, 0.3) is 12.2 Å². The van der Waals surface area contributed by atoms with E-state index in [4.69, 9.17) is 9.47 Å². The molecular weight excluding hydrogens is 517 g/mol. The summed E-state index contributed by atoms with van der Waals surface area (Å²) in [4.78, 5) is 37.7. The number of nitrogens with zero attached hydrogens (tertiary/aromatic N) is 1. The Labute approximate surface area is 190 Å². The van der Waals surface area contributed by atoms with Gasteiger partial charge in [-0.3, -0.25) is 19.9 Å². The lowest BCUT2D eigenvalue weighted by Crippen LogP contribution is -2.25. The van der Waals surface area contributed by atoms with E-state index in [1.54, 1.807) is 18.2 Å². The minimum Gasteiger partial charge on any atom is -0.490 e. The number of rotatable bonds is 8. The van der Waals surface area contributed by atoms with Gasteiger partial charge in [0.1, 0.15) is 12.3 Å². The number of benzene rings is 2. The molecule has 1 aromatic heterocycles. The van der Waals surface area contributed by atoms with Crippen LogP contribution in [-0.4, -0.2) is 21.5 Å². The molecule has 0 unspecified atom stereocenters. The van der Waals surface area contributed by atoms with Crippen molar-refractivity contribution in [2.45, 2.75) is 13.5 Å². The Balaban J connectivity index is 1.94. The Bertz CT molecular complexity index is 1230. The van der Waals surface area contributed by atoms with Crippen LogP contribution < -0.4 is 20.7 Å². The summed E-state index contributed by atoms with van der Waals surface area (Å²) in [5, 5.41) is 11.2. The van der Waals surface area contributed by atoms with Crippen LogP contribution in [0.3, 0.4) is 0 Å². The van der Waals surface area contributed by atoms with Gasteiger partial charge in [0.2, 0.25) is 0 Å². The molecule has 2 aromatic carbocycles. The minimum absolute atomic E-state index is 0.198. The van der Waals surface area contributed by atoms with Gasteiger partial charge in [-0.05, 0) is 58.9 Å². The number of halogens is 1. The van der Waals surface area contributed by atoms with Gasteiger partial charge in [-0.1, -0.05) is 36.4 Å². The first-order valence-corrected chi connectivity index (χ1v) is 10.3. The van der Waals surface area contributed by atoms with E-state index in [9.17, 15) is 19.7 Å². The quantitative estimate of drug-likeness (QED) is 0.257. The normalized spacial score (nSPS) is 10.9. The van der Waals surface area contributed by atoms with Crippen LogP contribution in [0.5, 0.6) is 11.5 Å². The third kappa shape index (κ3) is 5.60. The predicted octanol–water partition coefficient (Wildman–Crippen LogP) is 3.72. The summed E-state index contributed by atoms with van der Waals surface area (Å²) >= 11 is 2.12. The standard InChI is InChI=1S/C21H18IN3O6/c1-2-30-17-11-14(8-9-16-18(25(28)29)20(26)24-21(27)23-16)10-15(22)19(17)31-12-13-6-4-3-5-7-13/h3-11H,2,12H2,1H3,(H2,23,24,26,27)/b9-8+. The van der Waals surface area contributed by atoms with Gasteiger partial charge in [-0.25, -0.2) is 4.79 Å². The number of nitro groups is 1. The molecule has 3 rings (SSSR count). The SMILES string of the molecule is CCOc1cc(/C=C/c2[nH]c(=O)[nH]c(=O)c2[N+](=O)[O-])cc(I)c1OCc1ccccc1. The first-order chi connectivity index (χ1) is 14.9. The zero-order chi connectivity index (χ0) is 22.4. The smallest absolute Gasteiger partial charge is 0.357 e. The van der Waals surface area contributed by atoms with E-state index in [-0.39, 0.29) is 5.69 Å². The maximum Gasteiger partial charge on any atom is 0.357 e. The first-order valence-electron chi connectivity index (χ1n) is 9.21. The van der Waals surface area contributed by atoms with Crippen molar-refractivity contribution >= 4 is 40.4 Å². The summed E-state index contributed by atoms with van der Waals surface area (Å²) in [6.07, 6.45) is 2.85. The van der Waals surface area contributed by atoms with E-state index in [0.29, 0.717) is 30.3 Å². The first kappa shape index (κ1) is 22.3. The highest BCUT2D eigenvalue weighted by Crippen LogP contribution is 2.35. The summed E-state index contributed by atoms with van der Waals surface area (Å²) < 4.78 is 12.5. The van der Waals surface area contributed by atoms with Crippen LogP contribution in [0.15, 0.2) is 52.1 Å². The lowest BCUT2D eigenvalue weighted by atomic mass is 10.1. The summed E-state index contributed by atoms with van der Waals surface area (Å²) in [6.45, 7) is 2.63. The summed E-state index contributed by atoms with van der Waals surface area (Å²) in [7, 11) is 0. The highest BCUT2D eigenvalue weighted by molar-refractivity contribution is 14.1. The van der Waals surface area contributed by atoms with Crippen LogP contribution in [0.1, 0.15) is 23.7 Å². The molecule has 0 aliphatic heterocycles. The molecule has 0 amide bonds. The molecule has 31 heavy (non-hydrogen) atoms. The fourth-order valence-electron chi connectivity index (χ4n) is 2.80. The highest BCUT2D eigenvalue weighted by atomic mass is 127. The zero-order valence-corrected chi connectivity index (χ0v) is 18.5. The summed E-state index contributed by atoms with van der Waals surface area (Å²) in [5.41, 5.74) is -1.17. The van der Waals surface area contributed by atoms with Gasteiger partial charge >= 0.3 is 16.9 Å². The Kier molecular flexibility index (Phi) is 7.23. The molecule has 1 heterocycles. The van der Waals surface area contributed by atoms with Crippen LogP contribution in [-0.2, 0) is 6.61 Å². The van der Waals surface area contributed by atoms with Crippen LogP contribution >= 0.6 is 22.6 Å². The third-order valence-corrected chi connectivity index (χ3v) is 4.93. The van der Waals surface area contributed by atoms with E-state index in [1.165, 1.54) is 6.08 Å². The third-order valence-electron chi connectivity index (χ3n) is 4.13. The van der Waals surface area contributed by atoms with Crippen molar-refractivity contribution in [3.63, 3.8) is 0 Å². The number of hydrogen-bond donors (Lipinski definition) is 2. The topological polar surface area (TPSA) is 127 Å². The Morgan fingerprint density at radius 2 is 1.84 bits per heavy atom. The molecule has 0 aliphatic carbocycles. The van der Waals surface area contributed by atoms with Gasteiger partial charge < -0.3 is 14.5 Å². The van der Waals surface area contributed by atoms with Crippen molar-refractivity contribution in [3.05, 3.63) is 93.8 Å². The van der Waals surface area contributed by atoms with Crippen molar-refractivity contribution in [3.8, 4) is 11.5 Å². The fraction of sp³-hybridized carbons (Fsp3) is 0.143. The Morgan fingerprint density at radius 1 is 1.10 bits per heavy atom. The van der Waals surface area contributed by atoms with Crippen molar-refractivity contribution in [2.24, 2.45) is 0 Å². The maximum absolute atomic E-state index is 11.8. The number of hydrogen-bond acceptors (Lipinski definition) is 6.